The van der Waals surface area contributed by atoms with Crippen LogP contribution in [0.5, 0.6) is 0 Å². The van der Waals surface area contributed by atoms with Crippen molar-refractivity contribution >= 4 is 178 Å². The van der Waals surface area contributed by atoms with E-state index in [1.165, 1.54) is 26.8 Å². The van der Waals surface area contributed by atoms with Gasteiger partial charge in [-0.2, -0.15) is 10.5 Å². The molecule has 0 amide bonds. The summed E-state index contributed by atoms with van der Waals surface area (Å²) in [6, 6.07) is 114. The number of nitrogens with zero attached hydrogens (tertiary/aromatic N) is 6. The number of allylic oxidation sites excluding steroid dienone is 4. The van der Waals surface area contributed by atoms with Crippen molar-refractivity contribution in [3.05, 3.63) is 343 Å². The Bertz CT molecular complexity index is 7760. The first kappa shape index (κ1) is 62.7. The molecule has 8 heteroatoms. The highest BCUT2D eigenvalue weighted by atomic mass is 32.1. The van der Waals surface area contributed by atoms with Crippen molar-refractivity contribution in [2.75, 3.05) is 0 Å². The van der Waals surface area contributed by atoms with Gasteiger partial charge in [0.15, 0.2) is 0 Å². The summed E-state index contributed by atoms with van der Waals surface area (Å²) in [7, 11) is 0. The van der Waals surface area contributed by atoms with Crippen LogP contribution in [0.15, 0.2) is 315 Å². The van der Waals surface area contributed by atoms with E-state index in [2.05, 4.69) is 366 Å². The molecule has 1 aliphatic rings. The van der Waals surface area contributed by atoms with Crippen molar-refractivity contribution in [2.24, 2.45) is 5.92 Å². The Morgan fingerprint density at radius 3 is 1.44 bits per heavy atom. The maximum absolute atomic E-state index is 13.7. The van der Waals surface area contributed by atoms with Crippen molar-refractivity contribution in [3.8, 4) is 57.1 Å². The molecule has 510 valence electrons. The highest BCUT2D eigenvalue weighted by Crippen LogP contribution is 2.54. The number of nitriles is 2. The van der Waals surface area contributed by atoms with Crippen LogP contribution in [-0.4, -0.2) is 18.3 Å². The number of aromatic nitrogens is 4. The normalized spacial score (nSPS) is 13.1. The summed E-state index contributed by atoms with van der Waals surface area (Å²) in [6.45, 7) is 4.56. The van der Waals surface area contributed by atoms with E-state index in [0.29, 0.717) is 39.8 Å². The summed E-state index contributed by atoms with van der Waals surface area (Å²) in [4.78, 5) is 0. The van der Waals surface area contributed by atoms with E-state index in [4.69, 9.17) is 0 Å². The fourth-order valence-electron chi connectivity index (χ4n) is 18.6. The molecular formula is C101H64N6S2. The minimum absolute atomic E-state index is 0.380. The summed E-state index contributed by atoms with van der Waals surface area (Å²) in [5, 5.41) is 45.2. The van der Waals surface area contributed by atoms with Crippen molar-refractivity contribution < 1.29 is 0 Å². The Hall–Kier alpha value is -13.6. The standard InChI is InChI=1S/C101H64N6S2/c1-60(25-3-4-26-61(2)65-51-49-63-28-6-7-30-66(63)65)64-50-52-75-79-53-54-80-76-38-15-21-47-91(76)108-100(80)98(79)107(90(75)57-64)97-84(59-103)94(104-85-42-17-11-34-71(85)72-35-12-18-43-86(72)104)96(83(58-102)95(97)105-87-44-19-13-36-73(87)74-37-14-20-45-88(74)105)106-89-46-24-41-78(70-33-10-9-32-69(70)68-40-23-29-62-27-5-8-31-67(62)68)93(89)82-56-55-81-77-39-16-22-48-92(77)109-101(81)99(82)106/h3-25,27-50,52-57,61H,26,51H2,1-2H3/b4-3-,60-25+/t61-/m0/s1. The van der Waals surface area contributed by atoms with Gasteiger partial charge in [0.25, 0.3) is 0 Å². The number of hydrogen-bond acceptors (Lipinski definition) is 4. The van der Waals surface area contributed by atoms with Crippen LogP contribution in [0.4, 0.5) is 0 Å². The van der Waals surface area contributed by atoms with Crippen LogP contribution in [0.1, 0.15) is 43.4 Å². The lowest BCUT2D eigenvalue weighted by molar-refractivity contribution is 0.749. The molecule has 15 aromatic carbocycles. The number of rotatable bonds is 11. The van der Waals surface area contributed by atoms with Gasteiger partial charge in [0.2, 0.25) is 0 Å². The fourth-order valence-corrected chi connectivity index (χ4v) is 21.0. The number of thiophene rings is 2. The van der Waals surface area contributed by atoms with Gasteiger partial charge in [0.1, 0.15) is 23.3 Å². The third-order valence-corrected chi connectivity index (χ3v) is 25.8. The summed E-state index contributed by atoms with van der Waals surface area (Å²) >= 11 is 3.56. The molecule has 0 aliphatic heterocycles. The molecule has 6 heterocycles. The van der Waals surface area contributed by atoms with E-state index in [-0.39, 0.29) is 0 Å². The predicted molar refractivity (Wildman–Crippen MR) is 462 cm³/mol. The smallest absolute Gasteiger partial charge is 0.104 e. The molecule has 0 radical (unpaired) electrons. The van der Waals surface area contributed by atoms with Crippen LogP contribution in [-0.2, 0) is 0 Å². The molecule has 0 saturated heterocycles. The van der Waals surface area contributed by atoms with Crippen LogP contribution in [0, 0.1) is 28.6 Å². The Labute approximate surface area is 634 Å². The molecule has 0 spiro atoms. The second kappa shape index (κ2) is 24.5. The monoisotopic (exact) mass is 1420 g/mol. The molecule has 21 aromatic rings. The van der Waals surface area contributed by atoms with Crippen molar-refractivity contribution in [3.63, 3.8) is 0 Å². The first-order valence-corrected chi connectivity index (χ1v) is 39.0. The molecule has 6 aromatic heterocycles. The average Bonchev–Trinajstić information content (AvgIpc) is 1.54. The van der Waals surface area contributed by atoms with E-state index >= 15 is 0 Å². The molecule has 1 aliphatic carbocycles. The molecule has 0 bridgehead atoms. The van der Waals surface area contributed by atoms with E-state index in [9.17, 15) is 10.5 Å². The second-order valence-corrected chi connectivity index (χ2v) is 31.2. The molecule has 0 saturated carbocycles. The molecule has 22 rings (SSSR count). The largest absolute Gasteiger partial charge is 0.306 e. The van der Waals surface area contributed by atoms with E-state index < -0.39 is 0 Å². The topological polar surface area (TPSA) is 67.3 Å². The van der Waals surface area contributed by atoms with Crippen LogP contribution >= 0.6 is 22.7 Å². The lowest BCUT2D eigenvalue weighted by atomic mass is 9.89. The third kappa shape index (κ3) is 9.17. The lowest BCUT2D eigenvalue weighted by Crippen LogP contribution is -2.23. The molecule has 6 nitrogen and oxygen atoms in total. The van der Waals surface area contributed by atoms with E-state index in [1.807, 2.05) is 0 Å². The van der Waals surface area contributed by atoms with Crippen molar-refractivity contribution in [2.45, 2.75) is 26.7 Å². The fraction of sp³-hybridized carbons (Fsp3) is 0.0495. The molecule has 0 fully saturated rings. The average molecular weight is 1430 g/mol. The van der Waals surface area contributed by atoms with Crippen molar-refractivity contribution in [1.82, 2.24) is 18.3 Å². The Morgan fingerprint density at radius 2 is 0.826 bits per heavy atom. The quantitative estimate of drug-likeness (QED) is 0.121. The van der Waals surface area contributed by atoms with Gasteiger partial charge in [-0.3, -0.25) is 0 Å². The zero-order valence-electron chi connectivity index (χ0n) is 59.6. The lowest BCUT2D eigenvalue weighted by Gasteiger charge is -2.27. The van der Waals surface area contributed by atoms with Crippen LogP contribution in [0.25, 0.3) is 201 Å². The SMILES string of the molecule is C/C(=C\C=C/C[C@H](C)C1=c2ccccc2=CC1)c1ccc2c3ccc4c5ccccc5sc4c3n(-c3c(C#N)c(-n4c5ccccc5c5ccccc54)c(-n4c5cccc(-c6ccccc6-c6cccc7ccccc67)c5c5ccc6c7ccccc7sc6c54)c(C#N)c3-n3c4ccccc4c4ccccc43)c2c1. The van der Waals surface area contributed by atoms with Gasteiger partial charge in [-0.25, -0.2) is 0 Å². The summed E-state index contributed by atoms with van der Waals surface area (Å²) in [5.74, 6) is 0.380. The Morgan fingerprint density at radius 1 is 0.394 bits per heavy atom. The molecule has 0 N–H and O–H groups in total. The Balaban J connectivity index is 0.936. The number of para-hydroxylation sites is 4. The van der Waals surface area contributed by atoms with Gasteiger partial charge in [-0.05, 0) is 129 Å². The van der Waals surface area contributed by atoms with Gasteiger partial charge < -0.3 is 18.3 Å². The zero-order valence-corrected chi connectivity index (χ0v) is 61.2. The number of benzene rings is 15. The van der Waals surface area contributed by atoms with E-state index in [1.54, 1.807) is 22.7 Å². The van der Waals surface area contributed by atoms with Crippen molar-refractivity contribution in [1.29, 1.82) is 10.5 Å². The van der Waals surface area contributed by atoms with Crippen LogP contribution in [0.2, 0.25) is 0 Å². The van der Waals surface area contributed by atoms with Gasteiger partial charge in [-0.1, -0.05) is 286 Å². The zero-order chi connectivity index (χ0) is 72.3. The number of hydrogen-bond donors (Lipinski definition) is 0. The number of fused-ring (bicyclic) bond motifs is 22. The molecule has 0 unspecified atom stereocenters. The van der Waals surface area contributed by atoms with Gasteiger partial charge >= 0.3 is 0 Å². The van der Waals surface area contributed by atoms with Crippen LogP contribution < -0.4 is 10.4 Å². The summed E-state index contributed by atoms with van der Waals surface area (Å²) < 4.78 is 14.0. The maximum atomic E-state index is 13.7. The van der Waals surface area contributed by atoms with E-state index in [0.717, 1.165) is 174 Å². The Kier molecular flexibility index (Phi) is 14.1. The van der Waals surface area contributed by atoms with Crippen LogP contribution in [0.3, 0.4) is 0 Å². The highest BCUT2D eigenvalue weighted by molar-refractivity contribution is 7.27. The maximum Gasteiger partial charge on any atom is 0.104 e. The highest BCUT2D eigenvalue weighted by Gasteiger charge is 2.36. The first-order chi connectivity index (χ1) is 53.9. The van der Waals surface area contributed by atoms with Gasteiger partial charge in [0.05, 0.1) is 76.3 Å². The molecule has 1 atom stereocenters. The summed E-state index contributed by atoms with van der Waals surface area (Å²) in [5.41, 5.74) is 18.6. The first-order valence-electron chi connectivity index (χ1n) is 37.4. The molecular weight excluding hydrogens is 1360 g/mol. The minimum atomic E-state index is 0.380. The van der Waals surface area contributed by atoms with Gasteiger partial charge in [-0.15, -0.1) is 22.7 Å². The summed E-state index contributed by atoms with van der Waals surface area (Å²) in [6.07, 6.45) is 11.1. The molecule has 109 heavy (non-hydrogen) atoms. The van der Waals surface area contributed by atoms with Gasteiger partial charge in [0, 0.05) is 74.0 Å². The minimum Gasteiger partial charge on any atom is -0.306 e. The predicted octanol–water partition coefficient (Wildman–Crippen LogP) is 26.1. The third-order valence-electron chi connectivity index (χ3n) is 23.4. The second-order valence-electron chi connectivity index (χ2n) is 29.1.